The molecule has 2 atom stereocenters. The number of hydrogen-bond acceptors (Lipinski definition) is 2. The van der Waals surface area contributed by atoms with Gasteiger partial charge in [0.25, 0.3) is 0 Å². The number of benzene rings is 1. The molecular formula is C15H21FN2O. The Labute approximate surface area is 113 Å². The maximum absolute atomic E-state index is 12.8. The summed E-state index contributed by atoms with van der Waals surface area (Å²) >= 11 is 0. The molecule has 0 saturated carbocycles. The van der Waals surface area contributed by atoms with Crippen LogP contribution in [0, 0.1) is 5.82 Å². The van der Waals surface area contributed by atoms with E-state index in [-0.39, 0.29) is 17.8 Å². The smallest absolute Gasteiger partial charge is 0.222 e. The van der Waals surface area contributed by atoms with E-state index in [0.29, 0.717) is 12.5 Å². The third-order valence-electron chi connectivity index (χ3n) is 3.59. The highest BCUT2D eigenvalue weighted by atomic mass is 19.1. The van der Waals surface area contributed by atoms with Crippen LogP contribution in [0.15, 0.2) is 24.3 Å². The molecule has 1 fully saturated rings. The van der Waals surface area contributed by atoms with Crippen LogP contribution in [0.2, 0.25) is 0 Å². The van der Waals surface area contributed by atoms with Crippen LogP contribution in [0.5, 0.6) is 0 Å². The Morgan fingerprint density at radius 3 is 2.79 bits per heavy atom. The molecule has 2 unspecified atom stereocenters. The van der Waals surface area contributed by atoms with E-state index in [9.17, 15) is 9.18 Å². The minimum atomic E-state index is -0.256. The molecule has 3 nitrogen and oxygen atoms in total. The number of carbonyl (C=O) groups is 1. The average Bonchev–Trinajstić information content (AvgIpc) is 2.40. The summed E-state index contributed by atoms with van der Waals surface area (Å²) < 4.78 is 12.8. The van der Waals surface area contributed by atoms with Crippen LogP contribution in [0.4, 0.5) is 4.39 Å². The van der Waals surface area contributed by atoms with Crippen LogP contribution in [0.3, 0.4) is 0 Å². The first-order chi connectivity index (χ1) is 9.15. The molecule has 0 aliphatic carbocycles. The van der Waals surface area contributed by atoms with Gasteiger partial charge >= 0.3 is 0 Å². The highest BCUT2D eigenvalue weighted by molar-refractivity contribution is 5.77. The van der Waals surface area contributed by atoms with Crippen molar-refractivity contribution in [3.05, 3.63) is 35.6 Å². The van der Waals surface area contributed by atoms with E-state index < -0.39 is 0 Å². The maximum atomic E-state index is 12.8. The van der Waals surface area contributed by atoms with Crippen molar-refractivity contribution in [1.29, 1.82) is 0 Å². The van der Waals surface area contributed by atoms with Crippen molar-refractivity contribution in [3.8, 4) is 0 Å². The summed E-state index contributed by atoms with van der Waals surface area (Å²) in [6.45, 7) is 2.92. The summed E-state index contributed by atoms with van der Waals surface area (Å²) in [5, 5.41) is 6.32. The molecule has 1 aliphatic rings. The second-order valence-electron chi connectivity index (χ2n) is 5.19. The Bertz CT molecular complexity index is 413. The Morgan fingerprint density at radius 1 is 1.42 bits per heavy atom. The summed E-state index contributed by atoms with van der Waals surface area (Å²) in [5.74, 6) is -0.204. The number of halogens is 1. The SMILES string of the molecule is CC(NC(=O)CC1CCCCN1)c1ccc(F)cc1. The molecule has 2 rings (SSSR count). The van der Waals surface area contributed by atoms with Gasteiger partial charge in [-0.3, -0.25) is 4.79 Å². The molecule has 1 heterocycles. The first-order valence-electron chi connectivity index (χ1n) is 6.93. The molecule has 4 heteroatoms. The molecule has 0 radical (unpaired) electrons. The molecule has 104 valence electrons. The molecule has 1 amide bonds. The zero-order valence-electron chi connectivity index (χ0n) is 11.3. The van der Waals surface area contributed by atoms with Gasteiger partial charge in [0.2, 0.25) is 5.91 Å². The molecule has 0 bridgehead atoms. The predicted octanol–water partition coefficient (Wildman–Crippen LogP) is 2.54. The first-order valence-corrected chi connectivity index (χ1v) is 6.93. The topological polar surface area (TPSA) is 41.1 Å². The monoisotopic (exact) mass is 264 g/mol. The van der Waals surface area contributed by atoms with Crippen molar-refractivity contribution >= 4 is 5.91 Å². The second-order valence-corrected chi connectivity index (χ2v) is 5.19. The van der Waals surface area contributed by atoms with Crippen molar-refractivity contribution in [2.75, 3.05) is 6.54 Å². The lowest BCUT2D eigenvalue weighted by Gasteiger charge is -2.23. The lowest BCUT2D eigenvalue weighted by molar-refractivity contribution is -0.122. The Balaban J connectivity index is 1.82. The molecular weight excluding hydrogens is 243 g/mol. The van der Waals surface area contributed by atoms with Gasteiger partial charge in [-0.25, -0.2) is 4.39 Å². The van der Waals surface area contributed by atoms with Crippen LogP contribution >= 0.6 is 0 Å². The largest absolute Gasteiger partial charge is 0.350 e. The van der Waals surface area contributed by atoms with Gasteiger partial charge in [0.05, 0.1) is 6.04 Å². The van der Waals surface area contributed by atoms with Gasteiger partial charge in [-0.1, -0.05) is 18.6 Å². The van der Waals surface area contributed by atoms with Gasteiger partial charge in [-0.05, 0) is 44.0 Å². The number of hydrogen-bond donors (Lipinski definition) is 2. The lowest BCUT2D eigenvalue weighted by Crippen LogP contribution is -2.39. The number of rotatable bonds is 4. The summed E-state index contributed by atoms with van der Waals surface area (Å²) in [7, 11) is 0. The van der Waals surface area contributed by atoms with Gasteiger partial charge in [0, 0.05) is 12.5 Å². The van der Waals surface area contributed by atoms with Crippen molar-refractivity contribution in [3.63, 3.8) is 0 Å². The molecule has 0 aromatic heterocycles. The molecule has 1 aromatic rings. The fraction of sp³-hybridized carbons (Fsp3) is 0.533. The quantitative estimate of drug-likeness (QED) is 0.877. The third kappa shape index (κ3) is 4.31. The summed E-state index contributed by atoms with van der Waals surface area (Å²) in [6.07, 6.45) is 3.98. The van der Waals surface area contributed by atoms with Gasteiger partial charge in [0.1, 0.15) is 5.82 Å². The van der Waals surface area contributed by atoms with E-state index in [4.69, 9.17) is 0 Å². The maximum Gasteiger partial charge on any atom is 0.222 e. The summed E-state index contributed by atoms with van der Waals surface area (Å²) in [4.78, 5) is 11.9. The highest BCUT2D eigenvalue weighted by Gasteiger charge is 2.17. The highest BCUT2D eigenvalue weighted by Crippen LogP contribution is 2.14. The second kappa shape index (κ2) is 6.66. The van der Waals surface area contributed by atoms with E-state index in [1.54, 1.807) is 12.1 Å². The van der Waals surface area contributed by atoms with Crippen LogP contribution in [0.1, 0.15) is 44.2 Å². The molecule has 1 aliphatic heterocycles. The number of nitrogens with one attached hydrogen (secondary N) is 2. The third-order valence-corrected chi connectivity index (χ3v) is 3.59. The fourth-order valence-electron chi connectivity index (χ4n) is 2.46. The molecule has 1 saturated heterocycles. The van der Waals surface area contributed by atoms with Gasteiger partial charge < -0.3 is 10.6 Å². The van der Waals surface area contributed by atoms with Crippen molar-refractivity contribution in [2.45, 2.75) is 44.7 Å². The average molecular weight is 264 g/mol. The number of amides is 1. The lowest BCUT2D eigenvalue weighted by atomic mass is 10.0. The van der Waals surface area contributed by atoms with Crippen LogP contribution in [-0.2, 0) is 4.79 Å². The van der Waals surface area contributed by atoms with E-state index in [0.717, 1.165) is 18.5 Å². The van der Waals surface area contributed by atoms with Crippen LogP contribution < -0.4 is 10.6 Å². The minimum absolute atomic E-state index is 0.0521. The predicted molar refractivity (Wildman–Crippen MR) is 73.2 cm³/mol. The molecule has 0 spiro atoms. The van der Waals surface area contributed by atoms with E-state index in [1.807, 2.05) is 6.92 Å². The normalized spacial score (nSPS) is 20.8. The Hall–Kier alpha value is -1.42. The standard InChI is InChI=1S/C15H21FN2O/c1-11(12-5-7-13(16)8-6-12)18-15(19)10-14-4-2-3-9-17-14/h5-8,11,14,17H,2-4,9-10H2,1H3,(H,18,19). The van der Waals surface area contributed by atoms with E-state index in [1.165, 1.54) is 25.0 Å². The Morgan fingerprint density at radius 2 is 2.16 bits per heavy atom. The number of carbonyl (C=O) groups excluding carboxylic acids is 1. The van der Waals surface area contributed by atoms with E-state index in [2.05, 4.69) is 10.6 Å². The van der Waals surface area contributed by atoms with Crippen molar-refractivity contribution in [2.24, 2.45) is 0 Å². The van der Waals surface area contributed by atoms with Gasteiger partial charge in [0.15, 0.2) is 0 Å². The number of piperidine rings is 1. The Kier molecular flexibility index (Phi) is 4.91. The minimum Gasteiger partial charge on any atom is -0.350 e. The fourth-order valence-corrected chi connectivity index (χ4v) is 2.46. The van der Waals surface area contributed by atoms with Gasteiger partial charge in [-0.15, -0.1) is 0 Å². The van der Waals surface area contributed by atoms with Crippen LogP contribution in [-0.4, -0.2) is 18.5 Å². The zero-order chi connectivity index (χ0) is 13.7. The van der Waals surface area contributed by atoms with Crippen molar-refractivity contribution in [1.82, 2.24) is 10.6 Å². The van der Waals surface area contributed by atoms with Crippen LogP contribution in [0.25, 0.3) is 0 Å². The first kappa shape index (κ1) is 14.0. The molecule has 1 aromatic carbocycles. The zero-order valence-corrected chi connectivity index (χ0v) is 11.3. The summed E-state index contributed by atoms with van der Waals surface area (Å²) in [6, 6.07) is 6.46. The van der Waals surface area contributed by atoms with Crippen molar-refractivity contribution < 1.29 is 9.18 Å². The molecule has 2 N–H and O–H groups in total. The molecule has 19 heavy (non-hydrogen) atoms. The van der Waals surface area contributed by atoms with E-state index >= 15 is 0 Å². The van der Waals surface area contributed by atoms with Gasteiger partial charge in [-0.2, -0.15) is 0 Å². The summed E-state index contributed by atoms with van der Waals surface area (Å²) in [5.41, 5.74) is 0.923.